The third-order valence-electron chi connectivity index (χ3n) is 4.45. The van der Waals surface area contributed by atoms with Gasteiger partial charge in [0.05, 0.1) is 17.3 Å². The molecule has 0 fully saturated rings. The Labute approximate surface area is 163 Å². The Morgan fingerprint density at radius 1 is 1.26 bits per heavy atom. The van der Waals surface area contributed by atoms with E-state index in [4.69, 9.17) is 14.2 Å². The highest BCUT2D eigenvalue weighted by atomic mass is 32.1. The summed E-state index contributed by atoms with van der Waals surface area (Å²) in [4.78, 5) is 21.7. The van der Waals surface area contributed by atoms with Gasteiger partial charge in [-0.15, -0.1) is 0 Å². The molecule has 1 aliphatic rings. The number of anilines is 1. The van der Waals surface area contributed by atoms with Crippen molar-refractivity contribution in [3.8, 4) is 5.75 Å². The molecule has 1 amide bonds. The predicted octanol–water partition coefficient (Wildman–Crippen LogP) is 2.87. The summed E-state index contributed by atoms with van der Waals surface area (Å²) in [6.45, 7) is 8.19. The maximum absolute atomic E-state index is 13.1. The quantitative estimate of drug-likeness (QED) is 0.690. The van der Waals surface area contributed by atoms with Crippen molar-refractivity contribution in [2.75, 3.05) is 51.4 Å². The van der Waals surface area contributed by atoms with E-state index >= 15 is 0 Å². The van der Waals surface area contributed by atoms with Gasteiger partial charge in [0.15, 0.2) is 5.13 Å². The number of carbonyl (C=O) groups excluding carboxylic acids is 1. The third-order valence-corrected chi connectivity index (χ3v) is 5.50. The van der Waals surface area contributed by atoms with E-state index in [2.05, 4.69) is 23.7 Å². The zero-order valence-corrected chi connectivity index (χ0v) is 16.8. The number of amides is 1. The molecule has 0 saturated heterocycles. The van der Waals surface area contributed by atoms with Gasteiger partial charge in [0, 0.05) is 13.1 Å². The summed E-state index contributed by atoms with van der Waals surface area (Å²) in [5.41, 5.74) is 0.839. The molecule has 1 aromatic carbocycles. The molecule has 2 heterocycles. The maximum Gasteiger partial charge on any atom is 0.298 e. The van der Waals surface area contributed by atoms with Crippen LogP contribution in [0.1, 0.15) is 13.8 Å². The molecule has 8 heteroatoms. The summed E-state index contributed by atoms with van der Waals surface area (Å²) in [7, 11) is 1.63. The van der Waals surface area contributed by atoms with Crippen molar-refractivity contribution in [1.29, 1.82) is 0 Å². The normalized spacial score (nSPS) is 13.9. The van der Waals surface area contributed by atoms with E-state index in [1.165, 1.54) is 17.6 Å². The number of likely N-dealkylation sites (N-methyl/N-ethyl adjacent to an activating group) is 1. The van der Waals surface area contributed by atoms with Crippen LogP contribution in [0.15, 0.2) is 30.2 Å². The van der Waals surface area contributed by atoms with Gasteiger partial charge in [0.2, 0.25) is 5.76 Å². The van der Waals surface area contributed by atoms with Crippen LogP contribution < -0.4 is 9.64 Å². The van der Waals surface area contributed by atoms with Crippen LogP contribution in [0, 0.1) is 0 Å². The Kier molecular flexibility index (Phi) is 6.52. The Hall–Kier alpha value is -2.32. The SMILES string of the molecule is CCN(CC)CCN(C(=O)C1=COCCO1)c1nc2ccc(OC)cc2s1. The highest BCUT2D eigenvalue weighted by molar-refractivity contribution is 7.22. The molecule has 7 nitrogen and oxygen atoms in total. The summed E-state index contributed by atoms with van der Waals surface area (Å²) in [6, 6.07) is 5.71. The average Bonchev–Trinajstić information content (AvgIpc) is 3.14. The Morgan fingerprint density at radius 2 is 2.07 bits per heavy atom. The molecule has 0 radical (unpaired) electrons. The highest BCUT2D eigenvalue weighted by Gasteiger charge is 2.26. The van der Waals surface area contributed by atoms with E-state index in [9.17, 15) is 4.79 Å². The zero-order chi connectivity index (χ0) is 19.2. The number of aromatic nitrogens is 1. The Morgan fingerprint density at radius 3 is 2.74 bits per heavy atom. The molecule has 1 aromatic heterocycles. The van der Waals surface area contributed by atoms with Gasteiger partial charge in [-0.05, 0) is 31.3 Å². The first-order chi connectivity index (χ1) is 13.2. The van der Waals surface area contributed by atoms with E-state index in [0.717, 1.165) is 35.6 Å². The van der Waals surface area contributed by atoms with Crippen molar-refractivity contribution >= 4 is 32.6 Å². The number of thiazole rings is 1. The molecule has 1 aliphatic heterocycles. The number of ether oxygens (including phenoxy) is 3. The van der Waals surface area contributed by atoms with Gasteiger partial charge in [-0.1, -0.05) is 25.2 Å². The van der Waals surface area contributed by atoms with Gasteiger partial charge in [-0.2, -0.15) is 0 Å². The van der Waals surface area contributed by atoms with Crippen molar-refractivity contribution < 1.29 is 19.0 Å². The van der Waals surface area contributed by atoms with Crippen molar-refractivity contribution in [3.05, 3.63) is 30.2 Å². The van der Waals surface area contributed by atoms with Gasteiger partial charge in [0.25, 0.3) is 5.91 Å². The molecule has 0 unspecified atom stereocenters. The van der Waals surface area contributed by atoms with Gasteiger partial charge < -0.3 is 19.1 Å². The number of nitrogens with zero attached hydrogens (tertiary/aromatic N) is 3. The zero-order valence-electron chi connectivity index (χ0n) is 15.9. The van der Waals surface area contributed by atoms with Crippen molar-refractivity contribution in [2.45, 2.75) is 13.8 Å². The minimum absolute atomic E-state index is 0.220. The molecular formula is C19H25N3O4S. The Balaban J connectivity index is 1.90. The first-order valence-corrected chi connectivity index (χ1v) is 9.91. The van der Waals surface area contributed by atoms with E-state index in [0.29, 0.717) is 24.9 Å². The molecule has 0 N–H and O–H groups in total. The minimum Gasteiger partial charge on any atom is -0.497 e. The lowest BCUT2D eigenvalue weighted by Gasteiger charge is -2.26. The van der Waals surface area contributed by atoms with Gasteiger partial charge in [-0.3, -0.25) is 9.69 Å². The number of carbonyl (C=O) groups is 1. The largest absolute Gasteiger partial charge is 0.497 e. The number of rotatable bonds is 8. The lowest BCUT2D eigenvalue weighted by molar-refractivity contribution is -0.119. The van der Waals surface area contributed by atoms with Crippen molar-refractivity contribution in [2.24, 2.45) is 0 Å². The lowest BCUT2D eigenvalue weighted by Crippen LogP contribution is -2.40. The molecular weight excluding hydrogens is 366 g/mol. The van der Waals surface area contributed by atoms with Crippen LogP contribution in [-0.2, 0) is 14.3 Å². The molecule has 2 aromatic rings. The van der Waals surface area contributed by atoms with E-state index < -0.39 is 0 Å². The molecule has 146 valence electrons. The summed E-state index contributed by atoms with van der Waals surface area (Å²) >= 11 is 1.47. The molecule has 0 saturated carbocycles. The smallest absolute Gasteiger partial charge is 0.298 e. The predicted molar refractivity (Wildman–Crippen MR) is 106 cm³/mol. The standard InChI is InChI=1S/C19H25N3O4S/c1-4-21(5-2)8-9-22(18(23)16-13-25-10-11-26-16)19-20-15-7-6-14(24-3)12-17(15)27-19/h6-7,12-13H,4-5,8-11H2,1-3H3. The Bertz CT molecular complexity index is 816. The molecule has 0 spiro atoms. The number of hydrogen-bond donors (Lipinski definition) is 0. The molecule has 0 atom stereocenters. The fourth-order valence-corrected chi connectivity index (χ4v) is 3.83. The molecule has 3 rings (SSSR count). The number of methoxy groups -OCH3 is 1. The van der Waals surface area contributed by atoms with Gasteiger partial charge in [0.1, 0.15) is 25.2 Å². The third kappa shape index (κ3) is 4.51. The fraction of sp³-hybridized carbons (Fsp3) is 0.474. The molecule has 0 bridgehead atoms. The number of benzene rings is 1. The second-order valence-electron chi connectivity index (χ2n) is 6.02. The second kappa shape index (κ2) is 9.05. The number of hydrogen-bond acceptors (Lipinski definition) is 7. The van der Waals surface area contributed by atoms with Crippen LogP contribution in [0.2, 0.25) is 0 Å². The van der Waals surface area contributed by atoms with Gasteiger partial charge >= 0.3 is 0 Å². The van der Waals surface area contributed by atoms with Gasteiger partial charge in [-0.25, -0.2) is 4.98 Å². The first kappa shape index (κ1) is 19.4. The summed E-state index contributed by atoms with van der Waals surface area (Å²) < 4.78 is 17.0. The topological polar surface area (TPSA) is 64.1 Å². The number of fused-ring (bicyclic) bond motifs is 1. The van der Waals surface area contributed by atoms with Crippen LogP contribution in [0.5, 0.6) is 5.75 Å². The van der Waals surface area contributed by atoms with Crippen LogP contribution >= 0.6 is 11.3 Å². The summed E-state index contributed by atoms with van der Waals surface area (Å²) in [5.74, 6) is 0.760. The summed E-state index contributed by atoms with van der Waals surface area (Å²) in [6.07, 6.45) is 1.40. The van der Waals surface area contributed by atoms with E-state index in [-0.39, 0.29) is 11.7 Å². The molecule has 0 aliphatic carbocycles. The minimum atomic E-state index is -0.229. The average molecular weight is 391 g/mol. The van der Waals surface area contributed by atoms with Crippen LogP contribution in [-0.4, -0.2) is 62.3 Å². The maximum atomic E-state index is 13.1. The first-order valence-electron chi connectivity index (χ1n) is 9.09. The monoisotopic (exact) mass is 391 g/mol. The van der Waals surface area contributed by atoms with Crippen LogP contribution in [0.25, 0.3) is 10.2 Å². The molecule has 27 heavy (non-hydrogen) atoms. The van der Waals surface area contributed by atoms with Crippen molar-refractivity contribution in [3.63, 3.8) is 0 Å². The fourth-order valence-electron chi connectivity index (χ4n) is 2.81. The van der Waals surface area contributed by atoms with E-state index in [1.807, 2.05) is 18.2 Å². The van der Waals surface area contributed by atoms with Crippen LogP contribution in [0.3, 0.4) is 0 Å². The summed E-state index contributed by atoms with van der Waals surface area (Å²) in [5, 5.41) is 0.644. The lowest BCUT2D eigenvalue weighted by atomic mass is 10.3. The van der Waals surface area contributed by atoms with Crippen molar-refractivity contribution in [1.82, 2.24) is 9.88 Å². The second-order valence-corrected chi connectivity index (χ2v) is 7.02. The highest BCUT2D eigenvalue weighted by Crippen LogP contribution is 2.32. The van der Waals surface area contributed by atoms with E-state index in [1.54, 1.807) is 12.0 Å². The van der Waals surface area contributed by atoms with Crippen LogP contribution in [0.4, 0.5) is 5.13 Å².